The summed E-state index contributed by atoms with van der Waals surface area (Å²) in [4.78, 5) is 0. The third-order valence-electron chi connectivity index (χ3n) is 3.41. The van der Waals surface area contributed by atoms with Crippen molar-refractivity contribution in [3.8, 4) is 0 Å². The minimum Gasteiger partial charge on any atom is -0.355 e. The molecule has 0 aromatic rings. The summed E-state index contributed by atoms with van der Waals surface area (Å²) in [5, 5.41) is 0. The van der Waals surface area contributed by atoms with Crippen LogP contribution >= 0.6 is 11.6 Å². The molecule has 21 heavy (non-hydrogen) atoms. The molecule has 0 amide bonds. The van der Waals surface area contributed by atoms with Crippen molar-refractivity contribution in [2.45, 2.75) is 77.6 Å². The van der Waals surface area contributed by atoms with Crippen LogP contribution in [0.3, 0.4) is 0 Å². The van der Waals surface area contributed by atoms with E-state index in [9.17, 15) is 0 Å². The number of hydrogen-bond acceptors (Lipinski definition) is 2. The first-order valence-electron chi connectivity index (χ1n) is 8.78. The Kier molecular flexibility index (Phi) is 19.9. The molecule has 2 nitrogen and oxygen atoms in total. The van der Waals surface area contributed by atoms with Gasteiger partial charge in [0.1, 0.15) is 6.79 Å². The molecule has 0 saturated carbocycles. The Bertz CT molecular complexity index is 207. The molecule has 0 rings (SSSR count). The summed E-state index contributed by atoms with van der Waals surface area (Å²) in [5.41, 5.74) is 0. The molecule has 0 aliphatic carbocycles. The number of halogens is 1. The van der Waals surface area contributed by atoms with Crippen molar-refractivity contribution in [3.63, 3.8) is 0 Å². The van der Waals surface area contributed by atoms with Crippen LogP contribution in [0.15, 0.2) is 12.2 Å². The maximum absolute atomic E-state index is 5.63. The van der Waals surface area contributed by atoms with Crippen LogP contribution in [-0.4, -0.2) is 25.9 Å². The van der Waals surface area contributed by atoms with Crippen LogP contribution in [0.4, 0.5) is 0 Å². The highest BCUT2D eigenvalue weighted by molar-refractivity contribution is 6.17. The van der Waals surface area contributed by atoms with E-state index in [0.29, 0.717) is 6.79 Å². The second-order valence-corrected chi connectivity index (χ2v) is 5.88. The fourth-order valence-corrected chi connectivity index (χ4v) is 2.27. The lowest BCUT2D eigenvalue weighted by Gasteiger charge is -2.04. The van der Waals surface area contributed by atoms with E-state index in [2.05, 4.69) is 19.1 Å². The van der Waals surface area contributed by atoms with E-state index >= 15 is 0 Å². The van der Waals surface area contributed by atoms with Crippen molar-refractivity contribution in [3.05, 3.63) is 12.2 Å². The van der Waals surface area contributed by atoms with Gasteiger partial charge in [0, 0.05) is 12.5 Å². The van der Waals surface area contributed by atoms with Gasteiger partial charge in [-0.2, -0.15) is 0 Å². The number of rotatable bonds is 17. The number of ether oxygens (including phenoxy) is 2. The predicted molar refractivity (Wildman–Crippen MR) is 93.1 cm³/mol. The summed E-state index contributed by atoms with van der Waals surface area (Å²) in [7, 11) is 0. The first kappa shape index (κ1) is 20.9. The summed E-state index contributed by atoms with van der Waals surface area (Å²) in [6.45, 7) is 4.28. The molecule has 0 aromatic heterocycles. The summed E-state index contributed by atoms with van der Waals surface area (Å²) < 4.78 is 10.9. The maximum atomic E-state index is 5.63. The van der Waals surface area contributed by atoms with Crippen LogP contribution in [0.25, 0.3) is 0 Å². The van der Waals surface area contributed by atoms with Crippen LogP contribution in [-0.2, 0) is 9.47 Å². The van der Waals surface area contributed by atoms with Gasteiger partial charge in [0.25, 0.3) is 0 Å². The van der Waals surface area contributed by atoms with Crippen molar-refractivity contribution in [2.75, 3.05) is 25.9 Å². The molecule has 0 aliphatic heterocycles. The molecule has 0 fully saturated rings. The SMILES string of the molecule is CCCCCCCOCOCCC=CCCCCCCCl. The van der Waals surface area contributed by atoms with Crippen LogP contribution in [0.1, 0.15) is 77.6 Å². The van der Waals surface area contributed by atoms with Crippen LogP contribution in [0.5, 0.6) is 0 Å². The van der Waals surface area contributed by atoms with E-state index in [0.717, 1.165) is 38.4 Å². The van der Waals surface area contributed by atoms with Gasteiger partial charge in [0.15, 0.2) is 0 Å². The molecular formula is C18H35ClO2. The number of alkyl halides is 1. The average molecular weight is 319 g/mol. The van der Waals surface area contributed by atoms with Gasteiger partial charge in [-0.1, -0.05) is 57.6 Å². The monoisotopic (exact) mass is 318 g/mol. The average Bonchev–Trinajstić information content (AvgIpc) is 2.50. The largest absolute Gasteiger partial charge is 0.355 e. The molecule has 0 unspecified atom stereocenters. The maximum Gasteiger partial charge on any atom is 0.146 e. The first-order chi connectivity index (χ1) is 10.4. The molecule has 0 heterocycles. The molecule has 3 heteroatoms. The van der Waals surface area contributed by atoms with E-state index in [4.69, 9.17) is 21.1 Å². The Hall–Kier alpha value is -0.0500. The highest BCUT2D eigenvalue weighted by atomic mass is 35.5. The molecule has 126 valence electrons. The Morgan fingerprint density at radius 3 is 2.19 bits per heavy atom. The lowest BCUT2D eigenvalue weighted by atomic mass is 10.1. The molecule has 0 saturated heterocycles. The zero-order valence-electron chi connectivity index (χ0n) is 14.0. The van der Waals surface area contributed by atoms with Gasteiger partial charge in [-0.05, 0) is 32.1 Å². The second kappa shape index (κ2) is 19.9. The summed E-state index contributed by atoms with van der Waals surface area (Å²) >= 11 is 5.63. The third kappa shape index (κ3) is 19.9. The molecule has 0 radical (unpaired) electrons. The summed E-state index contributed by atoms with van der Waals surface area (Å²) in [6.07, 6.45) is 18.0. The zero-order chi connectivity index (χ0) is 15.4. The smallest absolute Gasteiger partial charge is 0.146 e. The topological polar surface area (TPSA) is 18.5 Å². The highest BCUT2D eigenvalue weighted by Gasteiger charge is 1.91. The van der Waals surface area contributed by atoms with Crippen LogP contribution < -0.4 is 0 Å². The van der Waals surface area contributed by atoms with Gasteiger partial charge in [-0.25, -0.2) is 0 Å². The van der Waals surface area contributed by atoms with Gasteiger partial charge < -0.3 is 9.47 Å². The minimum atomic E-state index is 0.444. The van der Waals surface area contributed by atoms with E-state index in [1.54, 1.807) is 0 Å². The molecule has 0 bridgehead atoms. The molecule has 0 aromatic carbocycles. The highest BCUT2D eigenvalue weighted by Crippen LogP contribution is 2.05. The van der Waals surface area contributed by atoms with Crippen molar-refractivity contribution in [1.29, 1.82) is 0 Å². The van der Waals surface area contributed by atoms with Crippen LogP contribution in [0, 0.1) is 0 Å². The summed E-state index contributed by atoms with van der Waals surface area (Å²) in [6, 6.07) is 0. The molecule has 0 spiro atoms. The fourth-order valence-electron chi connectivity index (χ4n) is 2.08. The Labute approximate surface area is 137 Å². The van der Waals surface area contributed by atoms with E-state index < -0.39 is 0 Å². The Morgan fingerprint density at radius 2 is 1.38 bits per heavy atom. The van der Waals surface area contributed by atoms with Gasteiger partial charge in [0.2, 0.25) is 0 Å². The first-order valence-corrected chi connectivity index (χ1v) is 9.31. The van der Waals surface area contributed by atoms with E-state index in [1.165, 1.54) is 51.4 Å². The summed E-state index contributed by atoms with van der Waals surface area (Å²) in [5.74, 6) is 0.800. The molecular weight excluding hydrogens is 284 g/mol. The third-order valence-corrected chi connectivity index (χ3v) is 3.68. The Balaban J connectivity index is 3.01. The number of allylic oxidation sites excluding steroid dienone is 1. The van der Waals surface area contributed by atoms with Crippen molar-refractivity contribution in [1.82, 2.24) is 0 Å². The molecule has 0 N–H and O–H groups in total. The van der Waals surface area contributed by atoms with Crippen molar-refractivity contribution in [2.24, 2.45) is 0 Å². The molecule has 0 aliphatic rings. The standard InChI is InChI=1S/C18H35ClO2/c1-2-3-4-10-13-16-20-18-21-17-14-11-8-6-5-7-9-12-15-19/h8,11H,2-7,9-10,12-18H2,1H3. The minimum absolute atomic E-state index is 0.444. The molecule has 0 atom stereocenters. The predicted octanol–water partition coefficient (Wildman–Crippen LogP) is 6.08. The second-order valence-electron chi connectivity index (χ2n) is 5.50. The van der Waals surface area contributed by atoms with Gasteiger partial charge in [0.05, 0.1) is 6.61 Å². The van der Waals surface area contributed by atoms with E-state index in [1.807, 2.05) is 0 Å². The van der Waals surface area contributed by atoms with Gasteiger partial charge in [-0.3, -0.25) is 0 Å². The zero-order valence-corrected chi connectivity index (χ0v) is 14.7. The van der Waals surface area contributed by atoms with E-state index in [-0.39, 0.29) is 0 Å². The normalized spacial score (nSPS) is 11.5. The lowest BCUT2D eigenvalue weighted by molar-refractivity contribution is -0.0531. The fraction of sp³-hybridized carbons (Fsp3) is 0.889. The number of hydrogen-bond donors (Lipinski definition) is 0. The van der Waals surface area contributed by atoms with Gasteiger partial charge in [-0.15, -0.1) is 11.6 Å². The van der Waals surface area contributed by atoms with Crippen LogP contribution in [0.2, 0.25) is 0 Å². The lowest BCUT2D eigenvalue weighted by Crippen LogP contribution is -2.02. The number of unbranched alkanes of at least 4 members (excludes halogenated alkanes) is 8. The Morgan fingerprint density at radius 1 is 0.714 bits per heavy atom. The van der Waals surface area contributed by atoms with Crippen molar-refractivity contribution < 1.29 is 9.47 Å². The van der Waals surface area contributed by atoms with Crippen molar-refractivity contribution >= 4 is 11.6 Å². The van der Waals surface area contributed by atoms with Gasteiger partial charge >= 0.3 is 0 Å². The quantitative estimate of drug-likeness (QED) is 0.140.